The molecule has 3 atom stereocenters. The second-order valence-corrected chi connectivity index (χ2v) is 16.9. The third-order valence-corrected chi connectivity index (χ3v) is 11.3. The first-order chi connectivity index (χ1) is 15.9. The lowest BCUT2D eigenvalue weighted by molar-refractivity contribution is -0.143. The molecule has 0 bridgehead atoms. The van der Waals surface area contributed by atoms with Crippen LogP contribution in [0.1, 0.15) is 68.1 Å². The molecule has 0 aromatic heterocycles. The van der Waals surface area contributed by atoms with Crippen LogP contribution in [0.2, 0.25) is 0 Å². The van der Waals surface area contributed by atoms with Crippen molar-refractivity contribution in [1.29, 1.82) is 0 Å². The van der Waals surface area contributed by atoms with Crippen LogP contribution in [0, 0.1) is 26.7 Å². The molecule has 1 N–H and O–H groups in total. The second-order valence-electron chi connectivity index (χ2n) is 10.7. The van der Waals surface area contributed by atoms with Crippen LogP contribution in [0.3, 0.4) is 0 Å². The molecule has 1 amide bonds. The van der Waals surface area contributed by atoms with E-state index < -0.39 is 27.9 Å². The summed E-state index contributed by atoms with van der Waals surface area (Å²) in [4.78, 5) is 29.1. The Balaban J connectivity index is 2.74. The molecule has 0 aliphatic rings. The second kappa shape index (κ2) is 10.9. The van der Waals surface area contributed by atoms with Crippen molar-refractivity contribution in [3.63, 3.8) is 0 Å². The largest absolute Gasteiger partial charge is 0.374 e. The van der Waals surface area contributed by atoms with Gasteiger partial charge in [0.15, 0.2) is 7.14 Å². The van der Waals surface area contributed by atoms with Gasteiger partial charge < -0.3 is 14.6 Å². The van der Waals surface area contributed by atoms with Crippen molar-refractivity contribution < 1.29 is 19.3 Å². The van der Waals surface area contributed by atoms with Crippen LogP contribution in [-0.2, 0) is 9.36 Å². The van der Waals surface area contributed by atoms with Gasteiger partial charge in [0.25, 0.3) is 0 Å². The first-order valence-corrected chi connectivity index (χ1v) is 14.7. The standard InChI is InChI=1S/C28H39INO4P/c1-18-15-19(2)24(20(3)16-18)26(33)35(34,22-13-11-10-12-14-22)27(5,6)17-23(28(7,8)29)25(32)30(9)21(4)31/h10-16,21,23,31H,17H2,1-9H3. The van der Waals surface area contributed by atoms with E-state index in [1.807, 2.05) is 66.7 Å². The fourth-order valence-corrected chi connectivity index (χ4v) is 8.41. The fraction of sp³-hybridized carbons (Fsp3) is 0.500. The van der Waals surface area contributed by atoms with Crippen molar-refractivity contribution in [2.75, 3.05) is 7.05 Å². The number of carbonyl (C=O) groups excluding carboxylic acids is 2. The van der Waals surface area contributed by atoms with E-state index in [0.717, 1.165) is 16.7 Å². The van der Waals surface area contributed by atoms with Gasteiger partial charge in [0.05, 0.1) is 5.92 Å². The van der Waals surface area contributed by atoms with E-state index in [4.69, 9.17) is 0 Å². The molecule has 5 nitrogen and oxygen atoms in total. The maximum absolute atomic E-state index is 15.2. The van der Waals surface area contributed by atoms with E-state index in [2.05, 4.69) is 22.6 Å². The number of amides is 1. The summed E-state index contributed by atoms with van der Waals surface area (Å²) in [5, 5.41) is 9.52. The number of carbonyl (C=O) groups is 2. The molecule has 35 heavy (non-hydrogen) atoms. The highest BCUT2D eigenvalue weighted by molar-refractivity contribution is 14.1. The molecule has 192 valence electrons. The zero-order chi connectivity index (χ0) is 26.9. The summed E-state index contributed by atoms with van der Waals surface area (Å²) in [5.41, 5.74) is 2.77. The van der Waals surface area contributed by atoms with Gasteiger partial charge in [-0.05, 0) is 45.2 Å². The zero-order valence-corrected chi connectivity index (χ0v) is 25.4. The number of aryl methyl sites for hydroxylation is 3. The quantitative estimate of drug-likeness (QED) is 0.158. The van der Waals surface area contributed by atoms with Gasteiger partial charge in [0.1, 0.15) is 6.23 Å². The van der Waals surface area contributed by atoms with Gasteiger partial charge in [-0.15, -0.1) is 0 Å². The number of aliphatic hydroxyl groups excluding tert-OH is 1. The highest BCUT2D eigenvalue weighted by atomic mass is 127. The number of hydrogen-bond acceptors (Lipinski definition) is 4. The van der Waals surface area contributed by atoms with Crippen molar-refractivity contribution in [2.24, 2.45) is 5.92 Å². The Labute approximate surface area is 224 Å². The van der Waals surface area contributed by atoms with Gasteiger partial charge in [-0.25, -0.2) is 0 Å². The van der Waals surface area contributed by atoms with Gasteiger partial charge in [-0.1, -0.05) is 98.3 Å². The summed E-state index contributed by atoms with van der Waals surface area (Å²) in [6.07, 6.45) is -0.729. The summed E-state index contributed by atoms with van der Waals surface area (Å²) >= 11 is 2.23. The Hall–Kier alpha value is -1.50. The minimum Gasteiger partial charge on any atom is -0.374 e. The van der Waals surface area contributed by atoms with Crippen LogP contribution in [0.5, 0.6) is 0 Å². The van der Waals surface area contributed by atoms with Gasteiger partial charge in [-0.3, -0.25) is 9.59 Å². The lowest BCUT2D eigenvalue weighted by Gasteiger charge is -2.41. The molecule has 0 saturated carbocycles. The number of benzene rings is 2. The molecule has 3 unspecified atom stereocenters. The van der Waals surface area contributed by atoms with E-state index in [9.17, 15) is 14.7 Å². The minimum atomic E-state index is -3.75. The Morgan fingerprint density at radius 1 is 1.03 bits per heavy atom. The molecule has 2 rings (SSSR count). The van der Waals surface area contributed by atoms with Crippen molar-refractivity contribution in [2.45, 2.75) is 76.6 Å². The molecule has 0 spiro atoms. The maximum Gasteiger partial charge on any atom is 0.228 e. The first kappa shape index (κ1) is 29.7. The predicted molar refractivity (Wildman–Crippen MR) is 153 cm³/mol. The van der Waals surface area contributed by atoms with Gasteiger partial charge in [-0.2, -0.15) is 0 Å². The van der Waals surface area contributed by atoms with E-state index >= 15 is 4.57 Å². The maximum atomic E-state index is 15.2. The monoisotopic (exact) mass is 611 g/mol. The smallest absolute Gasteiger partial charge is 0.228 e. The molecule has 0 heterocycles. The Bertz CT molecular complexity index is 1110. The Morgan fingerprint density at radius 3 is 1.94 bits per heavy atom. The highest BCUT2D eigenvalue weighted by Gasteiger charge is 2.52. The fourth-order valence-electron chi connectivity index (χ4n) is 4.74. The normalized spacial score (nSPS) is 15.7. The molecular weight excluding hydrogens is 572 g/mol. The van der Waals surface area contributed by atoms with Gasteiger partial charge in [0, 0.05) is 26.5 Å². The van der Waals surface area contributed by atoms with Crippen LogP contribution in [0.15, 0.2) is 42.5 Å². The first-order valence-electron chi connectivity index (χ1n) is 11.9. The van der Waals surface area contributed by atoms with Crippen LogP contribution < -0.4 is 5.30 Å². The zero-order valence-electron chi connectivity index (χ0n) is 22.3. The van der Waals surface area contributed by atoms with Crippen LogP contribution >= 0.6 is 29.7 Å². The number of nitrogens with zero attached hydrogens (tertiary/aromatic N) is 1. The molecular formula is C28H39INO4P. The topological polar surface area (TPSA) is 74.7 Å². The van der Waals surface area contributed by atoms with Gasteiger partial charge in [0.2, 0.25) is 11.4 Å². The third kappa shape index (κ3) is 6.08. The van der Waals surface area contributed by atoms with Crippen molar-refractivity contribution in [3.8, 4) is 0 Å². The van der Waals surface area contributed by atoms with Crippen LogP contribution in [0.25, 0.3) is 0 Å². The molecule has 2 aromatic rings. The molecule has 0 saturated heterocycles. The highest BCUT2D eigenvalue weighted by Crippen LogP contribution is 2.62. The third-order valence-electron chi connectivity index (χ3n) is 6.89. The summed E-state index contributed by atoms with van der Waals surface area (Å²) < 4.78 is 14.7. The molecule has 2 aromatic carbocycles. The Morgan fingerprint density at radius 2 is 1.51 bits per heavy atom. The number of alkyl halides is 1. The van der Waals surface area contributed by atoms with E-state index in [1.165, 1.54) is 4.90 Å². The van der Waals surface area contributed by atoms with E-state index in [1.54, 1.807) is 38.2 Å². The van der Waals surface area contributed by atoms with E-state index in [-0.39, 0.29) is 17.9 Å². The lowest BCUT2D eigenvalue weighted by atomic mass is 9.86. The predicted octanol–water partition coefficient (Wildman–Crippen LogP) is 6.24. The van der Waals surface area contributed by atoms with Gasteiger partial charge >= 0.3 is 0 Å². The summed E-state index contributed by atoms with van der Waals surface area (Å²) in [7, 11) is -2.18. The number of aliphatic hydroxyl groups is 1. The summed E-state index contributed by atoms with van der Waals surface area (Å²) in [6.45, 7) is 14.9. The number of rotatable bonds is 9. The summed E-state index contributed by atoms with van der Waals surface area (Å²) in [5.74, 6) is -0.801. The molecule has 0 fully saturated rings. The molecule has 0 aliphatic heterocycles. The summed E-state index contributed by atoms with van der Waals surface area (Å²) in [6, 6.07) is 12.8. The molecule has 7 heteroatoms. The van der Waals surface area contributed by atoms with Crippen molar-refractivity contribution in [1.82, 2.24) is 4.90 Å². The number of halogens is 1. The molecule has 0 aliphatic carbocycles. The average Bonchev–Trinajstić information content (AvgIpc) is 2.74. The van der Waals surface area contributed by atoms with Crippen LogP contribution in [-0.4, -0.2) is 43.3 Å². The average molecular weight is 612 g/mol. The van der Waals surface area contributed by atoms with E-state index in [0.29, 0.717) is 10.9 Å². The molecule has 0 radical (unpaired) electrons. The lowest BCUT2D eigenvalue weighted by Crippen LogP contribution is -2.47. The Kier molecular flexibility index (Phi) is 9.22. The van der Waals surface area contributed by atoms with Crippen LogP contribution in [0.4, 0.5) is 0 Å². The minimum absolute atomic E-state index is 0.223. The van der Waals surface area contributed by atoms with Crippen molar-refractivity contribution >= 4 is 46.5 Å². The van der Waals surface area contributed by atoms with Crippen molar-refractivity contribution in [3.05, 3.63) is 64.7 Å². The SMILES string of the molecule is Cc1cc(C)c(C(=O)P(=O)(c2ccccc2)C(C)(C)CC(C(=O)N(C)C(C)O)C(C)(C)I)c(C)c1. The number of hydrogen-bond donors (Lipinski definition) is 1.